The number of piperazine rings is 1. The molecule has 2 aromatic heterocycles. The molecule has 0 spiro atoms. The highest BCUT2D eigenvalue weighted by Gasteiger charge is 2.28. The number of ether oxygens (including phenoxy) is 1. The van der Waals surface area contributed by atoms with Gasteiger partial charge >= 0.3 is 0 Å². The van der Waals surface area contributed by atoms with Crippen molar-refractivity contribution in [3.05, 3.63) is 58.7 Å². The zero-order valence-electron chi connectivity index (χ0n) is 23.4. The van der Waals surface area contributed by atoms with E-state index in [0.29, 0.717) is 12.2 Å². The maximum atomic E-state index is 12.5. The van der Waals surface area contributed by atoms with E-state index in [1.165, 1.54) is 16.7 Å². The highest BCUT2D eigenvalue weighted by Crippen LogP contribution is 2.27. The summed E-state index contributed by atoms with van der Waals surface area (Å²) in [7, 11) is 0. The summed E-state index contributed by atoms with van der Waals surface area (Å²) in [6, 6.07) is 0.208. The van der Waals surface area contributed by atoms with Gasteiger partial charge in [-0.25, -0.2) is 9.97 Å². The fraction of sp³-hybridized carbons (Fsp3) is 0.552. The van der Waals surface area contributed by atoms with Crippen LogP contribution in [0.5, 0.6) is 0 Å². The van der Waals surface area contributed by atoms with Crippen LogP contribution in [-0.2, 0) is 11.2 Å². The van der Waals surface area contributed by atoms with Crippen molar-refractivity contribution in [1.29, 1.82) is 0 Å². The van der Waals surface area contributed by atoms with Gasteiger partial charge in [0.25, 0.3) is 5.91 Å². The average molecular weight is 533 g/mol. The lowest BCUT2D eigenvalue weighted by Crippen LogP contribution is -2.53. The lowest BCUT2D eigenvalue weighted by molar-refractivity contribution is 0.0383. The molecule has 10 nitrogen and oxygen atoms in total. The number of morpholine rings is 1. The lowest BCUT2D eigenvalue weighted by atomic mass is 9.99. The summed E-state index contributed by atoms with van der Waals surface area (Å²) in [5, 5.41) is 12.3. The van der Waals surface area contributed by atoms with Gasteiger partial charge in [-0.15, -0.1) is 5.10 Å². The Balaban J connectivity index is 1.15. The fourth-order valence-electron chi connectivity index (χ4n) is 5.42. The Bertz CT molecular complexity index is 1210. The van der Waals surface area contributed by atoms with E-state index >= 15 is 0 Å². The summed E-state index contributed by atoms with van der Waals surface area (Å²) >= 11 is 0. The lowest BCUT2D eigenvalue weighted by Gasteiger charge is -2.41. The largest absolute Gasteiger partial charge is 0.379 e. The first-order valence-corrected chi connectivity index (χ1v) is 14.1. The summed E-state index contributed by atoms with van der Waals surface area (Å²) in [6.45, 7) is 13.6. The molecule has 3 aliphatic rings. The van der Waals surface area contributed by atoms with Crippen LogP contribution in [-0.4, -0.2) is 96.0 Å². The smallest absolute Gasteiger partial charge is 0.271 e. The van der Waals surface area contributed by atoms with Crippen molar-refractivity contribution < 1.29 is 9.53 Å². The summed E-state index contributed by atoms with van der Waals surface area (Å²) in [5.74, 6) is 1.56. The number of hydrogen-bond acceptors (Lipinski definition) is 9. The molecule has 5 rings (SSSR count). The number of aromatic nitrogens is 4. The van der Waals surface area contributed by atoms with E-state index < -0.39 is 0 Å². The second-order valence-electron chi connectivity index (χ2n) is 10.6. The van der Waals surface area contributed by atoms with Crippen molar-refractivity contribution in [2.75, 3.05) is 68.8 Å². The quantitative estimate of drug-likeness (QED) is 0.550. The molecule has 2 aliphatic heterocycles. The number of nitrogens with one attached hydrogen (secondary N) is 1. The van der Waals surface area contributed by atoms with Gasteiger partial charge in [-0.05, 0) is 50.3 Å². The monoisotopic (exact) mass is 532 g/mol. The SMILES string of the molecule is Cc1c(CC2=CCCC=C2)nnc(N2CCN(c3cnc(C(=O)NCCN4CCOCC4)cn3)[C@H](C)C2)c1C. The molecule has 208 valence electrons. The second kappa shape index (κ2) is 12.7. The molecular weight excluding hydrogens is 492 g/mol. The Morgan fingerprint density at radius 1 is 1.05 bits per heavy atom. The molecular formula is C29H40N8O2. The first-order chi connectivity index (χ1) is 19.0. The number of anilines is 2. The van der Waals surface area contributed by atoms with Crippen LogP contribution < -0.4 is 15.1 Å². The Morgan fingerprint density at radius 2 is 1.90 bits per heavy atom. The van der Waals surface area contributed by atoms with Gasteiger partial charge in [0.05, 0.1) is 31.3 Å². The second-order valence-corrected chi connectivity index (χ2v) is 10.6. The van der Waals surface area contributed by atoms with Crippen LogP contribution >= 0.6 is 0 Å². The first kappa shape index (κ1) is 27.2. The van der Waals surface area contributed by atoms with Crippen LogP contribution in [0.2, 0.25) is 0 Å². The normalized spacial score (nSPS) is 20.2. The molecule has 0 saturated carbocycles. The van der Waals surface area contributed by atoms with E-state index in [1.54, 1.807) is 12.4 Å². The third-order valence-electron chi connectivity index (χ3n) is 7.95. The number of hydrogen-bond donors (Lipinski definition) is 1. The van der Waals surface area contributed by atoms with Gasteiger partial charge in [0.1, 0.15) is 11.5 Å². The predicted octanol–water partition coefficient (Wildman–Crippen LogP) is 2.48. The molecule has 2 saturated heterocycles. The molecule has 4 heterocycles. The van der Waals surface area contributed by atoms with Crippen molar-refractivity contribution in [1.82, 2.24) is 30.4 Å². The molecule has 1 N–H and O–H groups in total. The summed E-state index contributed by atoms with van der Waals surface area (Å²) < 4.78 is 5.37. The van der Waals surface area contributed by atoms with Crippen LogP contribution in [0.4, 0.5) is 11.6 Å². The standard InChI is InChI=1S/C29H40N8O2/c1-21-20-36(28-23(3)22(2)25(33-34-28)17-24-7-5-4-6-8-24)11-12-37(21)27-19-31-26(18-32-27)29(38)30-9-10-35-13-15-39-16-14-35/h5,7-8,18-19,21H,4,6,9-17,20H2,1-3H3,(H,30,38)/t21-/m1/s1. The van der Waals surface area contributed by atoms with Crippen LogP contribution in [0.3, 0.4) is 0 Å². The van der Waals surface area contributed by atoms with E-state index in [9.17, 15) is 4.79 Å². The third kappa shape index (κ3) is 6.62. The topological polar surface area (TPSA) is 99.6 Å². The van der Waals surface area contributed by atoms with E-state index in [1.807, 2.05) is 0 Å². The van der Waals surface area contributed by atoms with E-state index in [-0.39, 0.29) is 11.9 Å². The predicted molar refractivity (Wildman–Crippen MR) is 152 cm³/mol. The summed E-state index contributed by atoms with van der Waals surface area (Å²) in [6.07, 6.45) is 13.1. The van der Waals surface area contributed by atoms with Crippen LogP contribution in [0.1, 0.15) is 47.1 Å². The van der Waals surface area contributed by atoms with Crippen LogP contribution in [0.25, 0.3) is 0 Å². The van der Waals surface area contributed by atoms with Crippen molar-refractivity contribution >= 4 is 17.5 Å². The Labute approximate surface area is 231 Å². The molecule has 0 aromatic carbocycles. The minimum atomic E-state index is -0.191. The Hall–Kier alpha value is -3.37. The number of carbonyl (C=O) groups excluding carboxylic acids is 1. The summed E-state index contributed by atoms with van der Waals surface area (Å²) in [5.41, 5.74) is 5.14. The highest BCUT2D eigenvalue weighted by molar-refractivity contribution is 5.92. The Morgan fingerprint density at radius 3 is 2.62 bits per heavy atom. The van der Waals surface area contributed by atoms with E-state index in [4.69, 9.17) is 4.74 Å². The molecule has 2 fully saturated rings. The molecule has 1 amide bonds. The van der Waals surface area contributed by atoms with Gasteiger partial charge in [-0.2, -0.15) is 5.10 Å². The van der Waals surface area contributed by atoms with Gasteiger partial charge in [0.2, 0.25) is 0 Å². The highest BCUT2D eigenvalue weighted by atomic mass is 16.5. The molecule has 39 heavy (non-hydrogen) atoms. The molecule has 0 unspecified atom stereocenters. The van der Waals surface area contributed by atoms with Crippen molar-refractivity contribution in [2.24, 2.45) is 0 Å². The number of allylic oxidation sites excluding steroid dienone is 4. The number of nitrogens with zero attached hydrogens (tertiary/aromatic N) is 7. The van der Waals surface area contributed by atoms with Gasteiger partial charge in [-0.3, -0.25) is 9.69 Å². The minimum Gasteiger partial charge on any atom is -0.379 e. The number of amides is 1. The van der Waals surface area contributed by atoms with Gasteiger partial charge in [-0.1, -0.05) is 18.2 Å². The number of carbonyl (C=O) groups is 1. The zero-order chi connectivity index (χ0) is 27.2. The molecule has 1 aliphatic carbocycles. The minimum absolute atomic E-state index is 0.191. The van der Waals surface area contributed by atoms with E-state index in [0.717, 1.165) is 89.1 Å². The van der Waals surface area contributed by atoms with Gasteiger partial charge in [0.15, 0.2) is 5.82 Å². The van der Waals surface area contributed by atoms with Crippen molar-refractivity contribution in [2.45, 2.75) is 46.1 Å². The Kier molecular flexibility index (Phi) is 8.83. The molecule has 2 aromatic rings. The zero-order valence-corrected chi connectivity index (χ0v) is 23.4. The van der Waals surface area contributed by atoms with E-state index in [2.05, 4.69) is 79.2 Å². The number of rotatable bonds is 8. The van der Waals surface area contributed by atoms with Gasteiger partial charge < -0.3 is 19.9 Å². The third-order valence-corrected chi connectivity index (χ3v) is 7.95. The van der Waals surface area contributed by atoms with Crippen molar-refractivity contribution in [3.8, 4) is 0 Å². The fourth-order valence-corrected chi connectivity index (χ4v) is 5.42. The first-order valence-electron chi connectivity index (χ1n) is 14.1. The molecule has 0 radical (unpaired) electrons. The van der Waals surface area contributed by atoms with Crippen molar-refractivity contribution in [3.63, 3.8) is 0 Å². The molecule has 10 heteroatoms. The maximum absolute atomic E-state index is 12.5. The summed E-state index contributed by atoms with van der Waals surface area (Å²) in [4.78, 5) is 28.4. The maximum Gasteiger partial charge on any atom is 0.271 e. The average Bonchev–Trinajstić information content (AvgIpc) is 2.97. The van der Waals surface area contributed by atoms with Gasteiger partial charge in [0, 0.05) is 58.3 Å². The van der Waals surface area contributed by atoms with Crippen LogP contribution in [0.15, 0.2) is 36.2 Å². The molecule has 1 atom stereocenters. The van der Waals surface area contributed by atoms with Crippen LogP contribution in [0, 0.1) is 13.8 Å². The molecule has 0 bridgehead atoms.